The predicted molar refractivity (Wildman–Crippen MR) is 61.8 cm³/mol. The van der Waals surface area contributed by atoms with Crippen LogP contribution in [-0.4, -0.2) is 38.2 Å². The normalized spacial score (nSPS) is 15.9. The van der Waals surface area contributed by atoms with E-state index in [1.54, 1.807) is 12.1 Å². The summed E-state index contributed by atoms with van der Waals surface area (Å²) < 4.78 is 0. The van der Waals surface area contributed by atoms with Crippen molar-refractivity contribution in [2.45, 2.75) is 0 Å². The third kappa shape index (κ3) is 2.30. The molecule has 0 bridgehead atoms. The van der Waals surface area contributed by atoms with Crippen molar-refractivity contribution in [3.8, 4) is 0 Å². The molecular formula is C11H16N3O2+. The average Bonchev–Trinajstić information content (AvgIpc) is 2.39. The lowest BCUT2D eigenvalue weighted by Gasteiger charge is -2.29. The van der Waals surface area contributed by atoms with Gasteiger partial charge in [0, 0.05) is 44.0 Å². The first-order chi connectivity index (χ1) is 7.81. The molecule has 1 fully saturated rings. The molecule has 0 radical (unpaired) electrons. The van der Waals surface area contributed by atoms with E-state index in [9.17, 15) is 4.91 Å². The number of nitrogens with zero attached hydrogens (tertiary/aromatic N) is 2. The maximum Gasteiger partial charge on any atom is 0.316 e. The summed E-state index contributed by atoms with van der Waals surface area (Å²) in [6.45, 7) is 4.02. The third-order valence-corrected chi connectivity index (χ3v) is 2.71. The Labute approximate surface area is 94.5 Å². The number of rotatable bonds is 3. The van der Waals surface area contributed by atoms with Crippen molar-refractivity contribution in [2.75, 3.05) is 38.2 Å². The zero-order valence-corrected chi connectivity index (χ0v) is 9.35. The van der Waals surface area contributed by atoms with E-state index in [0.717, 1.165) is 31.9 Å². The summed E-state index contributed by atoms with van der Waals surface area (Å²) in [6.07, 6.45) is 0. The Morgan fingerprint density at radius 1 is 1.25 bits per heavy atom. The molecule has 86 valence electrons. The molecule has 2 rings (SSSR count). The third-order valence-electron chi connectivity index (χ3n) is 2.71. The Morgan fingerprint density at radius 2 is 1.88 bits per heavy atom. The highest BCUT2D eigenvalue weighted by Gasteiger charge is 2.15. The Morgan fingerprint density at radius 3 is 2.44 bits per heavy atom. The molecule has 0 unspecified atom stereocenters. The highest BCUT2D eigenvalue weighted by atomic mass is 16.8. The minimum atomic E-state index is 0.502. The summed E-state index contributed by atoms with van der Waals surface area (Å²) in [5.74, 6) is 0. The zero-order chi connectivity index (χ0) is 11.4. The van der Waals surface area contributed by atoms with Gasteiger partial charge in [-0.15, -0.1) is 0 Å². The topological polar surface area (TPSA) is 44.6 Å². The first-order valence-corrected chi connectivity index (χ1v) is 5.38. The summed E-state index contributed by atoms with van der Waals surface area (Å²) in [4.78, 5) is 18.5. The zero-order valence-electron chi connectivity index (χ0n) is 9.35. The summed E-state index contributed by atoms with van der Waals surface area (Å²) in [5, 5.41) is 3.30. The van der Waals surface area contributed by atoms with Crippen molar-refractivity contribution >= 4 is 11.4 Å². The highest BCUT2D eigenvalue weighted by molar-refractivity contribution is 5.51. The highest BCUT2D eigenvalue weighted by Crippen LogP contribution is 2.19. The molecule has 1 aliphatic heterocycles. The molecule has 0 aromatic heterocycles. The largest absolute Gasteiger partial charge is 0.369 e. The smallest absolute Gasteiger partial charge is 0.316 e. The van der Waals surface area contributed by atoms with Crippen molar-refractivity contribution < 1.29 is 9.76 Å². The summed E-state index contributed by atoms with van der Waals surface area (Å²) >= 11 is 0. The number of anilines is 1. The van der Waals surface area contributed by atoms with E-state index in [1.807, 2.05) is 12.1 Å². The van der Waals surface area contributed by atoms with E-state index in [1.165, 1.54) is 7.11 Å². The van der Waals surface area contributed by atoms with Gasteiger partial charge in [-0.1, -0.05) is 0 Å². The molecule has 1 aromatic carbocycles. The fraction of sp³-hybridized carbons (Fsp3) is 0.455. The fourth-order valence-electron chi connectivity index (χ4n) is 1.81. The van der Waals surface area contributed by atoms with Gasteiger partial charge in [0.1, 0.15) is 0 Å². The minimum absolute atomic E-state index is 0.502. The number of piperazine rings is 1. The van der Waals surface area contributed by atoms with Crippen LogP contribution in [0.15, 0.2) is 24.3 Å². The predicted octanol–water partition coefficient (Wildman–Crippen LogP) is 1.07. The van der Waals surface area contributed by atoms with Crippen LogP contribution in [0.1, 0.15) is 0 Å². The van der Waals surface area contributed by atoms with Gasteiger partial charge in [-0.05, 0) is 12.1 Å². The molecule has 1 aliphatic rings. The quantitative estimate of drug-likeness (QED) is 0.777. The van der Waals surface area contributed by atoms with Crippen LogP contribution in [0.4, 0.5) is 11.4 Å². The van der Waals surface area contributed by atoms with E-state index < -0.39 is 0 Å². The lowest BCUT2D eigenvalue weighted by molar-refractivity contribution is -0.736. The summed E-state index contributed by atoms with van der Waals surface area (Å²) in [7, 11) is 1.36. The maximum absolute atomic E-state index is 11.2. The van der Waals surface area contributed by atoms with Gasteiger partial charge in [0.2, 0.25) is 0 Å². The van der Waals surface area contributed by atoms with Gasteiger partial charge in [0.05, 0.1) is 4.91 Å². The van der Waals surface area contributed by atoms with Gasteiger partial charge in [0.15, 0.2) is 7.11 Å². The van der Waals surface area contributed by atoms with E-state index in [0.29, 0.717) is 10.6 Å². The molecule has 0 amide bonds. The van der Waals surface area contributed by atoms with Gasteiger partial charge < -0.3 is 10.2 Å². The van der Waals surface area contributed by atoms with Crippen LogP contribution in [0.3, 0.4) is 0 Å². The molecule has 0 aliphatic carbocycles. The molecule has 1 aromatic rings. The van der Waals surface area contributed by atoms with Crippen LogP contribution in [-0.2, 0) is 4.84 Å². The number of benzene rings is 1. The van der Waals surface area contributed by atoms with Crippen LogP contribution in [0.25, 0.3) is 0 Å². The molecule has 1 heterocycles. The first-order valence-electron chi connectivity index (χ1n) is 5.38. The summed E-state index contributed by atoms with van der Waals surface area (Å²) in [6, 6.07) is 7.44. The fourth-order valence-corrected chi connectivity index (χ4v) is 1.81. The van der Waals surface area contributed by atoms with E-state index >= 15 is 0 Å². The van der Waals surface area contributed by atoms with Crippen LogP contribution < -0.4 is 10.2 Å². The van der Waals surface area contributed by atoms with Crippen molar-refractivity contribution in [3.05, 3.63) is 29.2 Å². The lowest BCUT2D eigenvalue weighted by atomic mass is 10.2. The van der Waals surface area contributed by atoms with Crippen LogP contribution in [0, 0.1) is 4.91 Å². The molecule has 1 saturated heterocycles. The second-order valence-corrected chi connectivity index (χ2v) is 3.69. The van der Waals surface area contributed by atoms with E-state index in [4.69, 9.17) is 0 Å². The number of hydrogen-bond acceptors (Lipinski definition) is 4. The first kappa shape index (κ1) is 10.9. The monoisotopic (exact) mass is 222 g/mol. The molecule has 0 saturated carbocycles. The Balaban J connectivity index is 2.09. The SMILES string of the molecule is CO[N+](=O)c1ccc(N2CCNCC2)cc1. The van der Waals surface area contributed by atoms with Crippen molar-refractivity contribution in [1.29, 1.82) is 0 Å². The Bertz CT molecular complexity index is 358. The lowest BCUT2D eigenvalue weighted by Crippen LogP contribution is -2.43. The minimum Gasteiger partial charge on any atom is -0.369 e. The second-order valence-electron chi connectivity index (χ2n) is 3.69. The summed E-state index contributed by atoms with van der Waals surface area (Å²) in [5.41, 5.74) is 1.66. The van der Waals surface area contributed by atoms with Crippen molar-refractivity contribution in [2.24, 2.45) is 0 Å². The van der Waals surface area contributed by atoms with Crippen LogP contribution >= 0.6 is 0 Å². The van der Waals surface area contributed by atoms with Crippen LogP contribution in [0.5, 0.6) is 0 Å². The Hall–Kier alpha value is -1.62. The number of nitrogens with one attached hydrogen (secondary N) is 1. The van der Waals surface area contributed by atoms with Crippen molar-refractivity contribution in [1.82, 2.24) is 5.32 Å². The van der Waals surface area contributed by atoms with Gasteiger partial charge in [-0.3, -0.25) is 0 Å². The number of hydrogen-bond donors (Lipinski definition) is 1. The standard InChI is InChI=1S/C11H16N3O2/c1-16-14(15)11-4-2-10(3-5-11)13-8-6-12-7-9-13/h2-5,12H,6-9H2,1H3/q+1. The van der Waals surface area contributed by atoms with E-state index in [2.05, 4.69) is 15.1 Å². The van der Waals surface area contributed by atoms with E-state index in [-0.39, 0.29) is 0 Å². The van der Waals surface area contributed by atoms with Gasteiger partial charge in [0.25, 0.3) is 4.92 Å². The van der Waals surface area contributed by atoms with Gasteiger partial charge in [-0.2, -0.15) is 0 Å². The molecule has 1 N–H and O–H groups in total. The van der Waals surface area contributed by atoms with Gasteiger partial charge >= 0.3 is 5.69 Å². The molecule has 5 heteroatoms. The van der Waals surface area contributed by atoms with Gasteiger partial charge in [-0.25, -0.2) is 4.84 Å². The molecule has 0 atom stereocenters. The van der Waals surface area contributed by atoms with Crippen LogP contribution in [0.2, 0.25) is 0 Å². The molecular weight excluding hydrogens is 206 g/mol. The molecule has 0 spiro atoms. The maximum atomic E-state index is 11.2. The molecule has 5 nitrogen and oxygen atoms in total. The average molecular weight is 222 g/mol. The van der Waals surface area contributed by atoms with Crippen molar-refractivity contribution in [3.63, 3.8) is 0 Å². The molecule has 16 heavy (non-hydrogen) atoms. The Kier molecular flexibility index (Phi) is 3.36. The second kappa shape index (κ2) is 4.94.